The third-order valence-corrected chi connectivity index (χ3v) is 7.29. The van der Waals surface area contributed by atoms with Crippen molar-refractivity contribution in [3.8, 4) is 0 Å². The molecule has 1 amide bonds. The van der Waals surface area contributed by atoms with Crippen LogP contribution in [0.1, 0.15) is 74.0 Å². The Morgan fingerprint density at radius 2 is 1.49 bits per heavy atom. The zero-order valence-corrected chi connectivity index (χ0v) is 24.2. The van der Waals surface area contributed by atoms with Gasteiger partial charge in [0.05, 0.1) is 19.3 Å². The van der Waals surface area contributed by atoms with Gasteiger partial charge in [-0.2, -0.15) is 0 Å². The second kappa shape index (κ2) is 16.1. The van der Waals surface area contributed by atoms with Crippen molar-refractivity contribution in [2.75, 3.05) is 26.0 Å². The fourth-order valence-electron chi connectivity index (χ4n) is 5.13. The summed E-state index contributed by atoms with van der Waals surface area (Å²) in [5, 5.41) is 2.98. The predicted molar refractivity (Wildman–Crippen MR) is 160 cm³/mol. The molecular weight excluding hydrogens is 516 g/mol. The Bertz CT molecular complexity index is 1200. The van der Waals surface area contributed by atoms with Gasteiger partial charge in [-0.3, -0.25) is 14.5 Å². The van der Waals surface area contributed by atoms with Crippen molar-refractivity contribution in [3.63, 3.8) is 0 Å². The molecule has 3 aromatic rings. The lowest BCUT2D eigenvalue weighted by molar-refractivity contribution is -0.252. The molecule has 218 valence electrons. The number of unbranched alkanes of at least 4 members (excludes halogenated alkanes) is 3. The molecule has 1 saturated heterocycles. The lowest BCUT2D eigenvalue weighted by Crippen LogP contribution is -2.37. The quantitative estimate of drug-likeness (QED) is 0.173. The fourth-order valence-corrected chi connectivity index (χ4v) is 5.13. The normalized spacial score (nSPS) is 18.7. The van der Waals surface area contributed by atoms with E-state index in [1.54, 1.807) is 0 Å². The van der Waals surface area contributed by atoms with E-state index in [1.807, 2.05) is 48.5 Å². The Hall–Kier alpha value is -3.52. The molecular formula is C34H42N2O5. The van der Waals surface area contributed by atoms with Crippen molar-refractivity contribution in [2.24, 2.45) is 0 Å². The molecule has 41 heavy (non-hydrogen) atoms. The van der Waals surface area contributed by atoms with Crippen LogP contribution in [0.2, 0.25) is 0 Å². The maximum Gasteiger partial charge on any atom is 0.305 e. The molecule has 4 rings (SSSR count). The van der Waals surface area contributed by atoms with Gasteiger partial charge in [0.2, 0.25) is 5.91 Å². The number of likely N-dealkylation sites (N-methyl/N-ethyl adjacent to an activating group) is 1. The van der Waals surface area contributed by atoms with E-state index in [4.69, 9.17) is 9.47 Å². The van der Waals surface area contributed by atoms with Crippen LogP contribution in [0.5, 0.6) is 0 Å². The average molecular weight is 559 g/mol. The van der Waals surface area contributed by atoms with Gasteiger partial charge < -0.3 is 19.5 Å². The number of carbonyl (C=O) groups is 2. The summed E-state index contributed by atoms with van der Waals surface area (Å²) in [6, 6.07) is 28.5. The summed E-state index contributed by atoms with van der Waals surface area (Å²) in [7, 11) is 3.53. The molecule has 0 aromatic heterocycles. The number of ether oxygens (including phenoxy) is 3. The summed E-state index contributed by atoms with van der Waals surface area (Å²) < 4.78 is 17.6. The van der Waals surface area contributed by atoms with Crippen molar-refractivity contribution >= 4 is 17.6 Å². The van der Waals surface area contributed by atoms with Crippen LogP contribution in [0.25, 0.3) is 0 Å². The summed E-state index contributed by atoms with van der Waals surface area (Å²) >= 11 is 0. The van der Waals surface area contributed by atoms with E-state index in [-0.39, 0.29) is 24.1 Å². The number of anilines is 1. The molecule has 1 aliphatic heterocycles. The van der Waals surface area contributed by atoms with Crippen LogP contribution in [0.3, 0.4) is 0 Å². The van der Waals surface area contributed by atoms with Crippen molar-refractivity contribution in [3.05, 3.63) is 102 Å². The molecule has 7 heteroatoms. The van der Waals surface area contributed by atoms with Gasteiger partial charge in [-0.1, -0.05) is 85.6 Å². The third kappa shape index (κ3) is 10.1. The topological polar surface area (TPSA) is 77.1 Å². The minimum absolute atomic E-state index is 0.000309. The second-order valence-corrected chi connectivity index (χ2v) is 10.7. The zero-order chi connectivity index (χ0) is 28.9. The van der Waals surface area contributed by atoms with Gasteiger partial charge >= 0.3 is 5.97 Å². The van der Waals surface area contributed by atoms with Crippen LogP contribution in [0.4, 0.5) is 5.69 Å². The number of benzene rings is 3. The standard InChI is InChI=1S/C34H42N2O5/c1-36(24-26-13-7-5-8-14-26)25-30-23-31(27-15-9-6-10-16-27)41-34(40-30)28-19-21-29(22-20-28)35-32(37)17-11-3-4-12-18-33(38)39-2/h5-10,13-16,19-22,30-31,34H,3-4,11-12,17-18,23-25H2,1-2H3,(H,35,37). The number of nitrogens with one attached hydrogen (secondary N) is 1. The number of hydrogen-bond donors (Lipinski definition) is 1. The van der Waals surface area contributed by atoms with Crippen molar-refractivity contribution < 1.29 is 23.8 Å². The van der Waals surface area contributed by atoms with Gasteiger partial charge in [0.1, 0.15) is 0 Å². The second-order valence-electron chi connectivity index (χ2n) is 10.7. The van der Waals surface area contributed by atoms with Crippen molar-refractivity contribution in [1.29, 1.82) is 0 Å². The molecule has 0 aliphatic carbocycles. The summed E-state index contributed by atoms with van der Waals surface area (Å²) in [5.41, 5.74) is 4.09. The highest BCUT2D eigenvalue weighted by atomic mass is 16.7. The Balaban J connectivity index is 1.31. The summed E-state index contributed by atoms with van der Waals surface area (Å²) in [5.74, 6) is -0.196. The number of methoxy groups -OCH3 is 1. The average Bonchev–Trinajstić information content (AvgIpc) is 3.00. The third-order valence-electron chi connectivity index (χ3n) is 7.29. The van der Waals surface area contributed by atoms with Crippen LogP contribution in [0.15, 0.2) is 84.9 Å². The van der Waals surface area contributed by atoms with E-state index in [1.165, 1.54) is 12.7 Å². The van der Waals surface area contributed by atoms with Gasteiger partial charge in [0, 0.05) is 43.6 Å². The maximum absolute atomic E-state index is 12.4. The van der Waals surface area contributed by atoms with E-state index < -0.39 is 6.29 Å². The van der Waals surface area contributed by atoms with Crippen LogP contribution in [0, 0.1) is 0 Å². The van der Waals surface area contributed by atoms with Crippen LogP contribution >= 0.6 is 0 Å². The monoisotopic (exact) mass is 558 g/mol. The van der Waals surface area contributed by atoms with E-state index in [0.29, 0.717) is 12.8 Å². The Morgan fingerprint density at radius 1 is 0.829 bits per heavy atom. The first-order valence-corrected chi connectivity index (χ1v) is 14.5. The van der Waals surface area contributed by atoms with Crippen LogP contribution in [-0.2, 0) is 30.3 Å². The first-order chi connectivity index (χ1) is 20.0. The first-order valence-electron chi connectivity index (χ1n) is 14.5. The maximum atomic E-state index is 12.4. The van der Waals surface area contributed by atoms with Gasteiger partial charge in [-0.15, -0.1) is 0 Å². The highest BCUT2D eigenvalue weighted by Gasteiger charge is 2.32. The molecule has 0 spiro atoms. The number of rotatable bonds is 14. The Labute approximate surface area is 243 Å². The molecule has 0 saturated carbocycles. The summed E-state index contributed by atoms with van der Waals surface area (Å²) in [6.45, 7) is 1.64. The predicted octanol–water partition coefficient (Wildman–Crippen LogP) is 6.82. The number of hydrogen-bond acceptors (Lipinski definition) is 6. The number of amides is 1. The molecule has 1 fully saturated rings. The van der Waals surface area contributed by atoms with Gasteiger partial charge in [-0.05, 0) is 43.1 Å². The van der Waals surface area contributed by atoms with Crippen molar-refractivity contribution in [2.45, 2.75) is 70.0 Å². The van der Waals surface area contributed by atoms with E-state index in [0.717, 1.165) is 62.0 Å². The smallest absolute Gasteiger partial charge is 0.305 e. The van der Waals surface area contributed by atoms with Crippen LogP contribution in [-0.4, -0.2) is 43.6 Å². The molecule has 3 aromatic carbocycles. The number of carbonyl (C=O) groups excluding carboxylic acids is 2. The molecule has 3 atom stereocenters. The molecule has 3 unspecified atom stereocenters. The summed E-state index contributed by atoms with van der Waals surface area (Å²) in [6.07, 6.45) is 4.47. The molecule has 1 aliphatic rings. The molecule has 1 heterocycles. The molecule has 7 nitrogen and oxygen atoms in total. The Morgan fingerprint density at radius 3 is 2.17 bits per heavy atom. The zero-order valence-electron chi connectivity index (χ0n) is 24.2. The molecule has 0 radical (unpaired) electrons. The lowest BCUT2D eigenvalue weighted by Gasteiger charge is -2.37. The number of esters is 1. The van der Waals surface area contributed by atoms with E-state index in [2.05, 4.69) is 58.4 Å². The van der Waals surface area contributed by atoms with Gasteiger partial charge in [0.15, 0.2) is 6.29 Å². The van der Waals surface area contributed by atoms with E-state index in [9.17, 15) is 9.59 Å². The van der Waals surface area contributed by atoms with Gasteiger partial charge in [0.25, 0.3) is 0 Å². The summed E-state index contributed by atoms with van der Waals surface area (Å²) in [4.78, 5) is 25.9. The Kier molecular flexibility index (Phi) is 11.9. The minimum atomic E-state index is -0.501. The highest BCUT2D eigenvalue weighted by Crippen LogP contribution is 2.38. The van der Waals surface area contributed by atoms with Gasteiger partial charge in [-0.25, -0.2) is 0 Å². The molecule has 0 bridgehead atoms. The number of nitrogens with zero attached hydrogens (tertiary/aromatic N) is 1. The first kappa shape index (κ1) is 30.4. The van der Waals surface area contributed by atoms with Crippen LogP contribution < -0.4 is 5.32 Å². The fraction of sp³-hybridized carbons (Fsp3) is 0.412. The van der Waals surface area contributed by atoms with E-state index >= 15 is 0 Å². The van der Waals surface area contributed by atoms with Crippen molar-refractivity contribution in [1.82, 2.24) is 4.90 Å². The highest BCUT2D eigenvalue weighted by molar-refractivity contribution is 5.90. The molecule has 1 N–H and O–H groups in total. The SMILES string of the molecule is COC(=O)CCCCCCC(=O)Nc1ccc(C2OC(CN(C)Cc3ccccc3)CC(c3ccccc3)O2)cc1. The minimum Gasteiger partial charge on any atom is -0.469 e. The lowest BCUT2D eigenvalue weighted by atomic mass is 10.0. The largest absolute Gasteiger partial charge is 0.469 e.